The second-order valence-electron chi connectivity index (χ2n) is 7.58. The van der Waals surface area contributed by atoms with E-state index in [1.165, 1.54) is 81.2 Å². The molecule has 0 aromatic heterocycles. The van der Waals surface area contributed by atoms with Crippen LogP contribution in [-0.2, 0) is 0 Å². The lowest BCUT2D eigenvalue weighted by atomic mass is 9.91. The molecular weight excluding hydrogens is 294 g/mol. The van der Waals surface area contributed by atoms with Crippen molar-refractivity contribution in [3.05, 3.63) is 35.4 Å². The van der Waals surface area contributed by atoms with Crippen LogP contribution in [0.4, 0.5) is 5.69 Å². The maximum Gasteiger partial charge on any atom is 0.138 e. The van der Waals surface area contributed by atoms with Crippen LogP contribution in [0.2, 0.25) is 0 Å². The number of nitrogens with two attached hydrogens (primary N) is 2. The van der Waals surface area contributed by atoms with Gasteiger partial charge in [0.2, 0.25) is 0 Å². The van der Waals surface area contributed by atoms with Gasteiger partial charge in [0.1, 0.15) is 5.69 Å². The van der Waals surface area contributed by atoms with Gasteiger partial charge in [-0.1, -0.05) is 25.0 Å². The number of hydrogen-bond donors (Lipinski definition) is 2. The number of nitrogens with zero attached hydrogens (tertiary/aromatic N) is 1. The van der Waals surface area contributed by atoms with E-state index >= 15 is 0 Å². The first-order valence-corrected chi connectivity index (χ1v) is 9.86. The summed E-state index contributed by atoms with van der Waals surface area (Å²) in [5.74, 6) is 0. The third kappa shape index (κ3) is 4.40. The summed E-state index contributed by atoms with van der Waals surface area (Å²) in [4.78, 5) is 2.54. The summed E-state index contributed by atoms with van der Waals surface area (Å²) < 4.78 is 0. The maximum absolute atomic E-state index is 6.56. The molecule has 0 bridgehead atoms. The Balaban J connectivity index is 1.63. The van der Waals surface area contributed by atoms with E-state index in [2.05, 4.69) is 41.5 Å². The van der Waals surface area contributed by atoms with E-state index in [4.69, 9.17) is 5.73 Å². The molecule has 2 aliphatic rings. The molecule has 0 spiro atoms. The normalized spacial score (nSPS) is 22.5. The molecule has 1 atom stereocenters. The number of quaternary nitrogens is 1. The molecule has 1 aromatic rings. The van der Waals surface area contributed by atoms with Crippen LogP contribution in [0.25, 0.3) is 5.70 Å². The standard InChI is InChI=1S/C21H33N3/c1-24-16-8-7-11-18(24)14-15-23-20-13-6-5-12-19(20)21(22)17-9-3-2-4-10-17/h5-6,12-13,18,23H,2-4,7-11,14-16,22H2,1H3/p+1. The maximum atomic E-state index is 6.56. The van der Waals surface area contributed by atoms with Gasteiger partial charge in [0.05, 0.1) is 12.1 Å². The van der Waals surface area contributed by atoms with E-state index in [-0.39, 0.29) is 0 Å². The molecule has 3 rings (SSSR count). The third-order valence-corrected chi connectivity index (χ3v) is 5.87. The Morgan fingerprint density at radius 2 is 1.92 bits per heavy atom. The van der Waals surface area contributed by atoms with Crippen molar-refractivity contribution < 1.29 is 5.32 Å². The molecule has 24 heavy (non-hydrogen) atoms. The lowest BCUT2D eigenvalue weighted by molar-refractivity contribution is -0.572. The molecule has 2 fully saturated rings. The first-order valence-electron chi connectivity index (χ1n) is 9.86. The van der Waals surface area contributed by atoms with E-state index in [1.807, 2.05) is 0 Å². The molecule has 1 heterocycles. The fraction of sp³-hybridized carbons (Fsp3) is 0.619. The first kappa shape index (κ1) is 17.5. The van der Waals surface area contributed by atoms with E-state index in [0.717, 1.165) is 18.3 Å². The predicted octanol–water partition coefficient (Wildman–Crippen LogP) is 3.39. The van der Waals surface area contributed by atoms with Gasteiger partial charge in [-0.05, 0) is 69.8 Å². The van der Waals surface area contributed by atoms with Crippen LogP contribution in [0.3, 0.4) is 0 Å². The highest BCUT2D eigenvalue weighted by Gasteiger charge is 2.20. The highest BCUT2D eigenvalue weighted by molar-refractivity contribution is 5.72. The molecule has 0 radical (unpaired) electrons. The molecule has 0 amide bonds. The van der Waals surface area contributed by atoms with Gasteiger partial charge in [-0.15, -0.1) is 0 Å². The van der Waals surface area contributed by atoms with Crippen molar-refractivity contribution >= 4 is 11.4 Å². The summed E-state index contributed by atoms with van der Waals surface area (Å²) in [6.07, 6.45) is 11.7. The quantitative estimate of drug-likeness (QED) is 0.814. The second kappa shape index (κ2) is 8.68. The minimum Gasteiger partial charge on any atom is -0.398 e. The van der Waals surface area contributed by atoms with Crippen molar-refractivity contribution in [2.24, 2.45) is 5.73 Å². The molecule has 3 heteroatoms. The van der Waals surface area contributed by atoms with E-state index in [0.29, 0.717) is 0 Å². The minimum absolute atomic E-state index is 0.760. The lowest BCUT2D eigenvalue weighted by Gasteiger charge is -2.31. The summed E-state index contributed by atoms with van der Waals surface area (Å²) in [7, 11) is 2.28. The van der Waals surface area contributed by atoms with E-state index in [9.17, 15) is 0 Å². The fourth-order valence-electron chi connectivity index (χ4n) is 4.30. The second-order valence-corrected chi connectivity index (χ2v) is 7.58. The highest BCUT2D eigenvalue weighted by Crippen LogP contribution is 2.29. The Morgan fingerprint density at radius 3 is 2.71 bits per heavy atom. The topological polar surface area (TPSA) is 45.9 Å². The van der Waals surface area contributed by atoms with Gasteiger partial charge in [-0.25, -0.2) is 0 Å². The van der Waals surface area contributed by atoms with E-state index < -0.39 is 0 Å². The molecule has 132 valence electrons. The number of likely N-dealkylation sites (tertiary alicyclic amines) is 1. The average molecular weight is 329 g/mol. The number of allylic oxidation sites excluding steroid dienone is 1. The van der Waals surface area contributed by atoms with Gasteiger partial charge in [-0.2, -0.15) is 0 Å². The van der Waals surface area contributed by atoms with Crippen molar-refractivity contribution in [3.63, 3.8) is 0 Å². The summed E-state index contributed by atoms with van der Waals surface area (Å²) in [6.45, 7) is 2.41. The largest absolute Gasteiger partial charge is 0.398 e. The third-order valence-electron chi connectivity index (χ3n) is 5.87. The smallest absolute Gasteiger partial charge is 0.138 e. The molecule has 1 aromatic carbocycles. The van der Waals surface area contributed by atoms with Crippen LogP contribution in [0, 0.1) is 0 Å². The van der Waals surface area contributed by atoms with Gasteiger partial charge < -0.3 is 16.0 Å². The first-order chi connectivity index (χ1) is 11.8. The molecule has 1 aliphatic heterocycles. The van der Waals surface area contributed by atoms with Crippen molar-refractivity contribution in [1.82, 2.24) is 4.90 Å². The SMILES string of the molecule is CN1CCCCC1CC[NH2+]c1ccccc1C(N)=C1CCCCC1. The monoisotopic (exact) mass is 328 g/mol. The average Bonchev–Trinajstić information content (AvgIpc) is 2.64. The van der Waals surface area contributed by atoms with Gasteiger partial charge >= 0.3 is 0 Å². The van der Waals surface area contributed by atoms with Gasteiger partial charge in [-0.3, -0.25) is 0 Å². The van der Waals surface area contributed by atoms with Crippen LogP contribution >= 0.6 is 0 Å². The van der Waals surface area contributed by atoms with Crippen molar-refractivity contribution in [3.8, 4) is 0 Å². The molecule has 1 unspecified atom stereocenters. The summed E-state index contributed by atoms with van der Waals surface area (Å²) in [6, 6.07) is 9.46. The Labute approximate surface area is 147 Å². The zero-order valence-electron chi connectivity index (χ0n) is 15.3. The zero-order chi connectivity index (χ0) is 16.8. The Morgan fingerprint density at radius 1 is 1.12 bits per heavy atom. The van der Waals surface area contributed by atoms with Crippen molar-refractivity contribution in [1.29, 1.82) is 0 Å². The zero-order valence-corrected chi connectivity index (χ0v) is 15.3. The molecule has 4 N–H and O–H groups in total. The summed E-state index contributed by atoms with van der Waals surface area (Å²) in [5.41, 5.74) is 11.7. The molecule has 1 saturated carbocycles. The Hall–Kier alpha value is -1.32. The van der Waals surface area contributed by atoms with Crippen LogP contribution in [0.15, 0.2) is 29.8 Å². The van der Waals surface area contributed by atoms with Gasteiger partial charge in [0.25, 0.3) is 0 Å². The number of para-hydroxylation sites is 1. The molecule has 1 saturated heterocycles. The Kier molecular flexibility index (Phi) is 6.33. The fourth-order valence-corrected chi connectivity index (χ4v) is 4.30. The number of benzene rings is 1. The van der Waals surface area contributed by atoms with Crippen molar-refractivity contribution in [2.75, 3.05) is 20.1 Å². The van der Waals surface area contributed by atoms with Gasteiger partial charge in [0.15, 0.2) is 0 Å². The van der Waals surface area contributed by atoms with Crippen LogP contribution in [-0.4, -0.2) is 31.1 Å². The van der Waals surface area contributed by atoms with Gasteiger partial charge in [0, 0.05) is 18.2 Å². The number of piperidine rings is 1. The number of hydrogen-bond acceptors (Lipinski definition) is 2. The van der Waals surface area contributed by atoms with Crippen LogP contribution in [0.1, 0.15) is 63.4 Å². The highest BCUT2D eigenvalue weighted by atomic mass is 15.1. The molecular formula is C21H34N3+. The lowest BCUT2D eigenvalue weighted by Crippen LogP contribution is -2.79. The Bertz CT molecular complexity index is 556. The number of rotatable bonds is 5. The minimum atomic E-state index is 0.760. The predicted molar refractivity (Wildman–Crippen MR) is 102 cm³/mol. The molecule has 3 nitrogen and oxygen atoms in total. The summed E-state index contributed by atoms with van der Waals surface area (Å²) in [5, 5.41) is 2.41. The van der Waals surface area contributed by atoms with E-state index in [1.54, 1.807) is 0 Å². The summed E-state index contributed by atoms with van der Waals surface area (Å²) >= 11 is 0. The van der Waals surface area contributed by atoms with Crippen LogP contribution in [0.5, 0.6) is 0 Å². The van der Waals surface area contributed by atoms with Crippen LogP contribution < -0.4 is 11.1 Å². The van der Waals surface area contributed by atoms with Crippen molar-refractivity contribution in [2.45, 2.75) is 63.8 Å². The molecule has 1 aliphatic carbocycles.